The van der Waals surface area contributed by atoms with E-state index in [0.29, 0.717) is 5.56 Å². The smallest absolute Gasteiger partial charge is 0.237 e. The molecule has 1 N–H and O–H groups in total. The first-order valence-corrected chi connectivity index (χ1v) is 7.78. The molecular formula is C16H23N5O. The molecule has 1 aliphatic heterocycles. The first kappa shape index (κ1) is 16.2. The molecule has 22 heavy (non-hydrogen) atoms. The van der Waals surface area contributed by atoms with Gasteiger partial charge in [-0.2, -0.15) is 5.26 Å². The van der Waals surface area contributed by atoms with Crippen LogP contribution in [0.1, 0.15) is 25.8 Å². The van der Waals surface area contributed by atoms with Crippen LogP contribution in [0.5, 0.6) is 0 Å². The van der Waals surface area contributed by atoms with Gasteiger partial charge in [-0.05, 0) is 25.5 Å². The standard InChI is InChI=1S/C16H23N5O/c1-3-5-19-16(22)13(2)20-7-9-21(10-8-20)15-11-14(12-17)4-6-18-15/h4,6,11,13H,3,5,7-10H2,1-2H3,(H,19,22)/t13-/m1/s1. The summed E-state index contributed by atoms with van der Waals surface area (Å²) in [5.74, 6) is 0.932. The summed E-state index contributed by atoms with van der Waals surface area (Å²) in [6.07, 6.45) is 2.62. The molecule has 6 nitrogen and oxygen atoms in total. The summed E-state index contributed by atoms with van der Waals surface area (Å²) in [5, 5.41) is 11.9. The Labute approximate surface area is 131 Å². The van der Waals surface area contributed by atoms with Crippen molar-refractivity contribution in [2.24, 2.45) is 0 Å². The van der Waals surface area contributed by atoms with Crippen LogP contribution >= 0.6 is 0 Å². The summed E-state index contributed by atoms with van der Waals surface area (Å²) < 4.78 is 0. The lowest BCUT2D eigenvalue weighted by Crippen LogP contribution is -2.54. The zero-order chi connectivity index (χ0) is 15.9. The van der Waals surface area contributed by atoms with Crippen LogP contribution in [0.2, 0.25) is 0 Å². The average molecular weight is 301 g/mol. The first-order chi connectivity index (χ1) is 10.7. The summed E-state index contributed by atoms with van der Waals surface area (Å²) in [7, 11) is 0. The number of carbonyl (C=O) groups is 1. The lowest BCUT2D eigenvalue weighted by Gasteiger charge is -2.38. The van der Waals surface area contributed by atoms with Gasteiger partial charge in [0.15, 0.2) is 0 Å². The van der Waals surface area contributed by atoms with Crippen molar-refractivity contribution in [2.45, 2.75) is 26.3 Å². The molecule has 0 bridgehead atoms. The van der Waals surface area contributed by atoms with Gasteiger partial charge < -0.3 is 10.2 Å². The first-order valence-electron chi connectivity index (χ1n) is 7.78. The van der Waals surface area contributed by atoms with Crippen LogP contribution in [-0.2, 0) is 4.79 Å². The van der Waals surface area contributed by atoms with Crippen molar-refractivity contribution >= 4 is 11.7 Å². The van der Waals surface area contributed by atoms with Crippen LogP contribution in [-0.4, -0.2) is 54.6 Å². The van der Waals surface area contributed by atoms with Crippen LogP contribution in [0.25, 0.3) is 0 Å². The molecule has 1 amide bonds. The van der Waals surface area contributed by atoms with Crippen molar-refractivity contribution in [3.05, 3.63) is 23.9 Å². The summed E-state index contributed by atoms with van der Waals surface area (Å²) in [4.78, 5) is 20.7. The Morgan fingerprint density at radius 2 is 2.18 bits per heavy atom. The zero-order valence-electron chi connectivity index (χ0n) is 13.2. The quantitative estimate of drug-likeness (QED) is 0.878. The Balaban J connectivity index is 1.90. The SMILES string of the molecule is CCCNC(=O)[C@@H](C)N1CCN(c2cc(C#N)ccn2)CC1. The zero-order valence-corrected chi connectivity index (χ0v) is 13.2. The summed E-state index contributed by atoms with van der Waals surface area (Å²) >= 11 is 0. The van der Waals surface area contributed by atoms with E-state index >= 15 is 0 Å². The van der Waals surface area contributed by atoms with Crippen LogP contribution in [0.3, 0.4) is 0 Å². The van der Waals surface area contributed by atoms with E-state index in [1.54, 1.807) is 12.3 Å². The number of hydrogen-bond acceptors (Lipinski definition) is 5. The van der Waals surface area contributed by atoms with E-state index in [-0.39, 0.29) is 11.9 Å². The van der Waals surface area contributed by atoms with Crippen molar-refractivity contribution in [3.8, 4) is 6.07 Å². The van der Waals surface area contributed by atoms with Gasteiger partial charge in [-0.15, -0.1) is 0 Å². The average Bonchev–Trinajstić information content (AvgIpc) is 2.59. The maximum atomic E-state index is 12.0. The van der Waals surface area contributed by atoms with Crippen molar-refractivity contribution in [1.29, 1.82) is 5.26 Å². The Morgan fingerprint density at radius 1 is 1.45 bits per heavy atom. The number of nitriles is 1. The summed E-state index contributed by atoms with van der Waals surface area (Å²) in [5.41, 5.74) is 0.625. The van der Waals surface area contributed by atoms with Crippen molar-refractivity contribution in [1.82, 2.24) is 15.2 Å². The second-order valence-corrected chi connectivity index (χ2v) is 5.50. The highest BCUT2D eigenvalue weighted by Crippen LogP contribution is 2.16. The third-order valence-electron chi connectivity index (χ3n) is 3.99. The molecule has 1 fully saturated rings. The van der Waals surface area contributed by atoms with E-state index in [2.05, 4.69) is 26.2 Å². The third kappa shape index (κ3) is 3.95. The van der Waals surface area contributed by atoms with E-state index in [0.717, 1.165) is 45.0 Å². The molecule has 0 radical (unpaired) electrons. The van der Waals surface area contributed by atoms with Gasteiger partial charge in [-0.1, -0.05) is 6.92 Å². The number of nitrogens with zero attached hydrogens (tertiary/aromatic N) is 4. The Bertz CT molecular complexity index is 546. The van der Waals surface area contributed by atoms with Crippen LogP contribution in [0.4, 0.5) is 5.82 Å². The minimum atomic E-state index is -0.105. The molecule has 1 saturated heterocycles. The van der Waals surface area contributed by atoms with Gasteiger partial charge >= 0.3 is 0 Å². The van der Waals surface area contributed by atoms with Gasteiger partial charge in [-0.3, -0.25) is 9.69 Å². The van der Waals surface area contributed by atoms with E-state index in [1.807, 2.05) is 19.9 Å². The number of aromatic nitrogens is 1. The second kappa shape index (κ2) is 7.76. The number of hydrogen-bond donors (Lipinski definition) is 1. The molecule has 1 aromatic heterocycles. The van der Waals surface area contributed by atoms with Crippen molar-refractivity contribution < 1.29 is 4.79 Å². The monoisotopic (exact) mass is 301 g/mol. The highest BCUT2D eigenvalue weighted by molar-refractivity contribution is 5.81. The number of nitrogens with one attached hydrogen (secondary N) is 1. The molecule has 0 aromatic carbocycles. The van der Waals surface area contributed by atoms with Crippen molar-refractivity contribution in [3.63, 3.8) is 0 Å². The normalized spacial score (nSPS) is 16.9. The number of rotatable bonds is 5. The Morgan fingerprint density at radius 3 is 2.82 bits per heavy atom. The number of amides is 1. The van der Waals surface area contributed by atoms with Gasteiger partial charge in [0, 0.05) is 38.9 Å². The predicted molar refractivity (Wildman–Crippen MR) is 85.5 cm³/mol. The number of piperazine rings is 1. The topological polar surface area (TPSA) is 72.3 Å². The minimum absolute atomic E-state index is 0.0971. The lowest BCUT2D eigenvalue weighted by molar-refractivity contribution is -0.126. The van der Waals surface area contributed by atoms with E-state index in [1.165, 1.54) is 0 Å². The van der Waals surface area contributed by atoms with Crippen LogP contribution in [0, 0.1) is 11.3 Å². The molecule has 1 aromatic rings. The molecule has 2 heterocycles. The van der Waals surface area contributed by atoms with Crippen molar-refractivity contribution in [2.75, 3.05) is 37.6 Å². The molecule has 0 saturated carbocycles. The maximum Gasteiger partial charge on any atom is 0.237 e. The summed E-state index contributed by atoms with van der Waals surface area (Å²) in [6, 6.07) is 5.55. The molecule has 1 atom stereocenters. The van der Waals surface area contributed by atoms with Gasteiger partial charge in [0.2, 0.25) is 5.91 Å². The minimum Gasteiger partial charge on any atom is -0.355 e. The van der Waals surface area contributed by atoms with Crippen LogP contribution in [0.15, 0.2) is 18.3 Å². The van der Waals surface area contributed by atoms with E-state index in [9.17, 15) is 4.79 Å². The molecule has 6 heteroatoms. The fourth-order valence-electron chi connectivity index (χ4n) is 2.56. The second-order valence-electron chi connectivity index (χ2n) is 5.50. The van der Waals surface area contributed by atoms with Gasteiger partial charge in [0.1, 0.15) is 5.82 Å². The lowest BCUT2D eigenvalue weighted by atomic mass is 10.2. The van der Waals surface area contributed by atoms with E-state index in [4.69, 9.17) is 5.26 Å². The maximum absolute atomic E-state index is 12.0. The fraction of sp³-hybridized carbons (Fsp3) is 0.562. The Hall–Kier alpha value is -2.13. The molecule has 0 unspecified atom stereocenters. The highest BCUT2D eigenvalue weighted by atomic mass is 16.2. The largest absolute Gasteiger partial charge is 0.355 e. The molecular weight excluding hydrogens is 278 g/mol. The number of carbonyl (C=O) groups excluding carboxylic acids is 1. The Kier molecular flexibility index (Phi) is 5.73. The molecule has 1 aliphatic rings. The van der Waals surface area contributed by atoms with Gasteiger partial charge in [0.25, 0.3) is 0 Å². The molecule has 0 spiro atoms. The molecule has 118 valence electrons. The third-order valence-corrected chi connectivity index (χ3v) is 3.99. The van der Waals surface area contributed by atoms with Gasteiger partial charge in [0.05, 0.1) is 17.7 Å². The number of anilines is 1. The fourth-order valence-corrected chi connectivity index (χ4v) is 2.56. The number of pyridine rings is 1. The van der Waals surface area contributed by atoms with E-state index < -0.39 is 0 Å². The highest BCUT2D eigenvalue weighted by Gasteiger charge is 2.25. The predicted octanol–water partition coefficient (Wildman–Crippen LogP) is 0.990. The molecule has 0 aliphatic carbocycles. The van der Waals surface area contributed by atoms with Crippen LogP contribution < -0.4 is 10.2 Å². The van der Waals surface area contributed by atoms with Gasteiger partial charge in [-0.25, -0.2) is 4.98 Å². The molecule has 2 rings (SSSR count). The summed E-state index contributed by atoms with van der Waals surface area (Å²) in [6.45, 7) is 7.99.